The Morgan fingerprint density at radius 1 is 1.52 bits per heavy atom. The lowest BCUT2D eigenvalue weighted by Crippen LogP contribution is -2.47. The molecule has 0 fully saturated rings. The summed E-state index contributed by atoms with van der Waals surface area (Å²) in [6.45, 7) is 4.35. The van der Waals surface area contributed by atoms with Crippen LogP contribution in [0.5, 0.6) is 0 Å². The molecule has 1 atom stereocenters. The molecule has 9 heteroatoms. The van der Waals surface area contributed by atoms with Gasteiger partial charge < -0.3 is 15.7 Å². The van der Waals surface area contributed by atoms with Crippen LogP contribution in [0, 0.1) is 0 Å². The summed E-state index contributed by atoms with van der Waals surface area (Å²) < 4.78 is 28.3. The predicted molar refractivity (Wildman–Crippen MR) is 81.3 cm³/mol. The minimum absolute atomic E-state index is 0.0387. The highest BCUT2D eigenvalue weighted by Gasteiger charge is 2.27. The highest BCUT2D eigenvalue weighted by atomic mass is 32.2. The molecule has 0 aromatic carbocycles. The highest BCUT2D eigenvalue weighted by Crippen LogP contribution is 2.17. The molecule has 1 aromatic heterocycles. The number of nitrogen functional groups attached to an aromatic ring is 1. The Hall–Kier alpha value is -1.16. The molecule has 21 heavy (non-hydrogen) atoms. The van der Waals surface area contributed by atoms with Crippen LogP contribution in [0.1, 0.15) is 20.3 Å². The molecule has 0 spiro atoms. The first kappa shape index (κ1) is 17.9. The molecule has 1 rings (SSSR count). The van der Waals surface area contributed by atoms with Crippen LogP contribution in [0.3, 0.4) is 0 Å². The first-order valence-corrected chi connectivity index (χ1v) is 8.25. The van der Waals surface area contributed by atoms with Gasteiger partial charge in [-0.2, -0.15) is 5.10 Å². The van der Waals surface area contributed by atoms with Gasteiger partial charge >= 0.3 is 0 Å². The normalized spacial score (nSPS) is 15.3. The molecule has 8 nitrogen and oxygen atoms in total. The molecular weight excluding hydrogens is 294 g/mol. The van der Waals surface area contributed by atoms with Gasteiger partial charge in [0.15, 0.2) is 5.82 Å². The van der Waals surface area contributed by atoms with Gasteiger partial charge in [0.05, 0.1) is 5.60 Å². The zero-order valence-electron chi connectivity index (χ0n) is 13.0. The SMILES string of the molecule is CCCn1cc(S(=O)(=O)NCC(C)(O)CN(C)C)c(N)n1. The van der Waals surface area contributed by atoms with E-state index in [-0.39, 0.29) is 17.3 Å². The Bertz CT molecular complexity index is 565. The molecule has 0 amide bonds. The van der Waals surface area contributed by atoms with E-state index in [4.69, 9.17) is 5.73 Å². The number of hydrogen-bond donors (Lipinski definition) is 3. The first-order chi connectivity index (χ1) is 9.57. The van der Waals surface area contributed by atoms with Gasteiger partial charge in [0.1, 0.15) is 4.90 Å². The van der Waals surface area contributed by atoms with Crippen molar-refractivity contribution in [3.63, 3.8) is 0 Å². The molecule has 0 aliphatic rings. The van der Waals surface area contributed by atoms with E-state index >= 15 is 0 Å². The number of aromatic nitrogens is 2. The second-order valence-corrected chi connectivity index (χ2v) is 7.44. The number of likely N-dealkylation sites (N-methyl/N-ethyl adjacent to an activating group) is 1. The summed E-state index contributed by atoms with van der Waals surface area (Å²) in [6.07, 6.45) is 2.23. The fourth-order valence-corrected chi connectivity index (χ4v) is 3.27. The molecule has 0 bridgehead atoms. The molecule has 0 saturated heterocycles. The van der Waals surface area contributed by atoms with Crippen molar-refractivity contribution in [1.29, 1.82) is 0 Å². The van der Waals surface area contributed by atoms with Gasteiger partial charge in [0.2, 0.25) is 10.0 Å². The summed E-state index contributed by atoms with van der Waals surface area (Å²) in [7, 11) is -0.192. The number of aliphatic hydroxyl groups is 1. The van der Waals surface area contributed by atoms with Crippen molar-refractivity contribution in [2.24, 2.45) is 0 Å². The monoisotopic (exact) mass is 319 g/mol. The standard InChI is InChI=1S/C12H25N5O3S/c1-5-6-17-7-10(11(13)15-17)21(19,20)14-8-12(2,18)9-16(3)4/h7,14,18H,5-6,8-9H2,1-4H3,(H2,13,15). The summed E-state index contributed by atoms with van der Waals surface area (Å²) in [4.78, 5) is 1.72. The smallest absolute Gasteiger partial charge is 0.245 e. The van der Waals surface area contributed by atoms with E-state index in [0.717, 1.165) is 6.42 Å². The topological polar surface area (TPSA) is 113 Å². The molecule has 0 aliphatic heterocycles. The van der Waals surface area contributed by atoms with Crippen LogP contribution in [0.4, 0.5) is 5.82 Å². The van der Waals surface area contributed by atoms with Crippen LogP contribution >= 0.6 is 0 Å². The summed E-state index contributed by atoms with van der Waals surface area (Å²) in [6, 6.07) is 0. The lowest BCUT2D eigenvalue weighted by molar-refractivity contribution is 0.0386. The number of sulfonamides is 1. The van der Waals surface area contributed by atoms with Gasteiger partial charge in [0, 0.05) is 25.8 Å². The quantitative estimate of drug-likeness (QED) is 0.593. The van der Waals surface area contributed by atoms with Gasteiger partial charge in [-0.25, -0.2) is 13.1 Å². The van der Waals surface area contributed by atoms with E-state index in [9.17, 15) is 13.5 Å². The van der Waals surface area contributed by atoms with Gasteiger partial charge in [-0.1, -0.05) is 6.92 Å². The van der Waals surface area contributed by atoms with Crippen LogP contribution in [0.2, 0.25) is 0 Å². The number of anilines is 1. The van der Waals surface area contributed by atoms with Crippen LogP contribution in [-0.4, -0.2) is 61.0 Å². The Morgan fingerprint density at radius 3 is 2.67 bits per heavy atom. The number of hydrogen-bond acceptors (Lipinski definition) is 6. The maximum atomic E-state index is 12.2. The van der Waals surface area contributed by atoms with Crippen molar-refractivity contribution in [2.45, 2.75) is 37.3 Å². The maximum absolute atomic E-state index is 12.2. The van der Waals surface area contributed by atoms with E-state index in [2.05, 4.69) is 9.82 Å². The number of nitrogens with one attached hydrogen (secondary N) is 1. The molecule has 0 aliphatic carbocycles. The van der Waals surface area contributed by atoms with Crippen LogP contribution in [-0.2, 0) is 16.6 Å². The second kappa shape index (κ2) is 6.73. The zero-order valence-corrected chi connectivity index (χ0v) is 13.8. The summed E-state index contributed by atoms with van der Waals surface area (Å²) >= 11 is 0. The number of nitrogens with two attached hydrogens (primary N) is 1. The summed E-state index contributed by atoms with van der Waals surface area (Å²) in [5.74, 6) is -0.0387. The molecule has 122 valence electrons. The van der Waals surface area contributed by atoms with Crippen molar-refractivity contribution in [1.82, 2.24) is 19.4 Å². The van der Waals surface area contributed by atoms with Crippen molar-refractivity contribution in [2.75, 3.05) is 32.9 Å². The maximum Gasteiger partial charge on any atom is 0.245 e. The van der Waals surface area contributed by atoms with Crippen molar-refractivity contribution in [3.05, 3.63) is 6.20 Å². The minimum Gasteiger partial charge on any atom is -0.387 e. The van der Waals surface area contributed by atoms with E-state index in [0.29, 0.717) is 13.1 Å². The van der Waals surface area contributed by atoms with Crippen LogP contribution < -0.4 is 10.5 Å². The molecule has 1 aromatic rings. The largest absolute Gasteiger partial charge is 0.387 e. The number of aryl methyl sites for hydroxylation is 1. The third-order valence-corrected chi connectivity index (χ3v) is 4.21. The van der Waals surface area contributed by atoms with Crippen molar-refractivity contribution >= 4 is 15.8 Å². The minimum atomic E-state index is -3.79. The molecule has 0 saturated carbocycles. The Morgan fingerprint density at radius 2 is 2.14 bits per heavy atom. The predicted octanol–water partition coefficient (Wildman–Crippen LogP) is -0.534. The molecular formula is C12H25N5O3S. The average Bonchev–Trinajstić information content (AvgIpc) is 2.68. The average molecular weight is 319 g/mol. The van der Waals surface area contributed by atoms with Crippen LogP contribution in [0.15, 0.2) is 11.1 Å². The van der Waals surface area contributed by atoms with E-state index in [1.54, 1.807) is 25.9 Å². The fraction of sp³-hybridized carbons (Fsp3) is 0.750. The zero-order chi connectivity index (χ0) is 16.3. The Labute approximate surface area is 126 Å². The highest BCUT2D eigenvalue weighted by molar-refractivity contribution is 7.89. The molecule has 0 radical (unpaired) electrons. The third kappa shape index (κ3) is 5.27. The van der Waals surface area contributed by atoms with E-state index < -0.39 is 15.6 Å². The van der Waals surface area contributed by atoms with Gasteiger partial charge in [-0.05, 0) is 27.4 Å². The number of rotatable bonds is 8. The Balaban J connectivity index is 2.82. The summed E-state index contributed by atoms with van der Waals surface area (Å²) in [5.41, 5.74) is 4.48. The molecule has 1 unspecified atom stereocenters. The van der Waals surface area contributed by atoms with Gasteiger partial charge in [-0.3, -0.25) is 4.68 Å². The van der Waals surface area contributed by atoms with E-state index in [1.165, 1.54) is 10.9 Å². The number of nitrogens with zero attached hydrogens (tertiary/aromatic N) is 3. The van der Waals surface area contributed by atoms with Crippen molar-refractivity contribution in [3.8, 4) is 0 Å². The third-order valence-electron chi connectivity index (χ3n) is 2.80. The van der Waals surface area contributed by atoms with Gasteiger partial charge in [-0.15, -0.1) is 0 Å². The summed E-state index contributed by atoms with van der Waals surface area (Å²) in [5, 5.41) is 14.1. The second-order valence-electron chi connectivity index (χ2n) is 5.70. The lowest BCUT2D eigenvalue weighted by Gasteiger charge is -2.26. The van der Waals surface area contributed by atoms with Crippen LogP contribution in [0.25, 0.3) is 0 Å². The van der Waals surface area contributed by atoms with Gasteiger partial charge in [0.25, 0.3) is 0 Å². The Kier molecular flexibility index (Phi) is 5.74. The lowest BCUT2D eigenvalue weighted by atomic mass is 10.1. The van der Waals surface area contributed by atoms with E-state index in [1.807, 2.05) is 6.92 Å². The molecule has 1 heterocycles. The van der Waals surface area contributed by atoms with Crippen molar-refractivity contribution < 1.29 is 13.5 Å². The first-order valence-electron chi connectivity index (χ1n) is 6.77. The fourth-order valence-electron chi connectivity index (χ4n) is 2.03. The molecule has 4 N–H and O–H groups in total.